The molecule has 18 heavy (non-hydrogen) atoms. The lowest BCUT2D eigenvalue weighted by Crippen LogP contribution is -2.30. The maximum absolute atomic E-state index is 11.8. The zero-order valence-electron chi connectivity index (χ0n) is 10.5. The number of imide groups is 1. The third kappa shape index (κ3) is 1.88. The maximum Gasteiger partial charge on any atom is 0.261 e. The fourth-order valence-electron chi connectivity index (χ4n) is 1.85. The second-order valence-corrected chi connectivity index (χ2v) is 4.56. The number of amides is 3. The summed E-state index contributed by atoms with van der Waals surface area (Å²) in [5.74, 6) is -0.942. The minimum Gasteiger partial charge on any atom is -0.350 e. The minimum atomic E-state index is -0.366. The summed E-state index contributed by atoms with van der Waals surface area (Å²) < 4.78 is 0. The molecule has 1 aliphatic heterocycles. The smallest absolute Gasteiger partial charge is 0.261 e. The van der Waals surface area contributed by atoms with Crippen molar-refractivity contribution in [3.8, 4) is 0 Å². The van der Waals surface area contributed by atoms with Gasteiger partial charge in [-0.25, -0.2) is 0 Å². The van der Waals surface area contributed by atoms with E-state index in [1.807, 2.05) is 13.8 Å². The van der Waals surface area contributed by atoms with Gasteiger partial charge in [-0.3, -0.25) is 19.3 Å². The molecule has 3 amide bonds. The molecule has 94 valence electrons. The van der Waals surface area contributed by atoms with Crippen LogP contribution in [0.2, 0.25) is 0 Å². The topological polar surface area (TPSA) is 66.5 Å². The lowest BCUT2D eigenvalue weighted by Gasteiger charge is -2.08. The molecule has 0 atom stereocenters. The molecule has 0 unspecified atom stereocenters. The predicted octanol–water partition coefficient (Wildman–Crippen LogP) is 1.05. The minimum absolute atomic E-state index is 0.0192. The molecule has 2 rings (SSSR count). The molecule has 1 N–H and O–H groups in total. The van der Waals surface area contributed by atoms with Crippen LogP contribution in [0.5, 0.6) is 0 Å². The number of carbonyl (C=O) groups is 3. The van der Waals surface area contributed by atoms with Crippen molar-refractivity contribution in [3.63, 3.8) is 0 Å². The third-order valence-electron chi connectivity index (χ3n) is 2.77. The first kappa shape index (κ1) is 12.3. The number of benzene rings is 1. The number of fused-ring (bicyclic) bond motifs is 1. The van der Waals surface area contributed by atoms with Gasteiger partial charge in [0.25, 0.3) is 17.7 Å². The van der Waals surface area contributed by atoms with Crippen LogP contribution in [0.15, 0.2) is 18.2 Å². The molecule has 0 saturated carbocycles. The van der Waals surface area contributed by atoms with Crippen LogP contribution in [-0.2, 0) is 0 Å². The molecule has 0 saturated heterocycles. The molecule has 0 spiro atoms. The van der Waals surface area contributed by atoms with Crippen LogP contribution in [0.25, 0.3) is 0 Å². The van der Waals surface area contributed by atoms with Gasteiger partial charge in [-0.05, 0) is 32.0 Å². The van der Waals surface area contributed by atoms with E-state index in [1.54, 1.807) is 6.07 Å². The molecule has 5 nitrogen and oxygen atoms in total. The summed E-state index contributed by atoms with van der Waals surface area (Å²) in [7, 11) is 1.43. The highest BCUT2D eigenvalue weighted by atomic mass is 16.2. The molecule has 0 fully saturated rings. The summed E-state index contributed by atoms with van der Waals surface area (Å²) in [5.41, 5.74) is 1.03. The first-order valence-corrected chi connectivity index (χ1v) is 5.69. The fourth-order valence-corrected chi connectivity index (χ4v) is 1.85. The van der Waals surface area contributed by atoms with Crippen LogP contribution < -0.4 is 5.32 Å². The van der Waals surface area contributed by atoms with Crippen LogP contribution >= 0.6 is 0 Å². The fraction of sp³-hybridized carbons (Fsp3) is 0.308. The second-order valence-electron chi connectivity index (χ2n) is 4.56. The molecular weight excluding hydrogens is 232 g/mol. The van der Waals surface area contributed by atoms with Gasteiger partial charge in [0.15, 0.2) is 0 Å². The molecule has 0 aromatic heterocycles. The van der Waals surface area contributed by atoms with E-state index in [1.165, 1.54) is 19.2 Å². The van der Waals surface area contributed by atoms with Crippen molar-refractivity contribution in [2.24, 2.45) is 0 Å². The number of nitrogens with one attached hydrogen (secondary N) is 1. The number of rotatable bonds is 2. The third-order valence-corrected chi connectivity index (χ3v) is 2.77. The average Bonchev–Trinajstić information content (AvgIpc) is 2.53. The molecule has 0 aliphatic carbocycles. The highest BCUT2D eigenvalue weighted by Gasteiger charge is 2.33. The molecule has 0 radical (unpaired) electrons. The Hall–Kier alpha value is -2.17. The zero-order chi connectivity index (χ0) is 13.4. The number of hydrogen-bond acceptors (Lipinski definition) is 3. The van der Waals surface area contributed by atoms with Crippen molar-refractivity contribution < 1.29 is 14.4 Å². The van der Waals surface area contributed by atoms with Gasteiger partial charge < -0.3 is 5.32 Å². The van der Waals surface area contributed by atoms with E-state index >= 15 is 0 Å². The van der Waals surface area contributed by atoms with E-state index in [4.69, 9.17) is 0 Å². The SMILES string of the molecule is CC(C)NC(=O)c1ccc2c(c1)C(=O)N(C)C2=O. The average molecular weight is 246 g/mol. The summed E-state index contributed by atoms with van der Waals surface area (Å²) in [6.45, 7) is 3.71. The summed E-state index contributed by atoms with van der Waals surface area (Å²) in [4.78, 5) is 36.3. The second kappa shape index (κ2) is 4.25. The lowest BCUT2D eigenvalue weighted by atomic mass is 10.1. The van der Waals surface area contributed by atoms with Crippen LogP contribution in [0.1, 0.15) is 44.9 Å². The largest absolute Gasteiger partial charge is 0.350 e. The van der Waals surface area contributed by atoms with Crippen LogP contribution in [0.4, 0.5) is 0 Å². The molecule has 1 aliphatic rings. The van der Waals surface area contributed by atoms with Gasteiger partial charge in [0.1, 0.15) is 0 Å². The maximum atomic E-state index is 11.8. The van der Waals surface area contributed by atoms with E-state index in [2.05, 4.69) is 5.32 Å². The summed E-state index contributed by atoms with van der Waals surface area (Å²) in [6.07, 6.45) is 0. The van der Waals surface area contributed by atoms with Crippen LogP contribution in [0, 0.1) is 0 Å². The van der Waals surface area contributed by atoms with Crippen LogP contribution in [0.3, 0.4) is 0 Å². The van der Waals surface area contributed by atoms with Crippen molar-refractivity contribution in [2.45, 2.75) is 19.9 Å². The van der Waals surface area contributed by atoms with E-state index in [9.17, 15) is 14.4 Å². The molecule has 5 heteroatoms. The van der Waals surface area contributed by atoms with Gasteiger partial charge in [0.2, 0.25) is 0 Å². The Morgan fingerprint density at radius 2 is 1.78 bits per heavy atom. The highest BCUT2D eigenvalue weighted by molar-refractivity contribution is 6.21. The highest BCUT2D eigenvalue weighted by Crippen LogP contribution is 2.22. The standard InChI is InChI=1S/C13H14N2O3/c1-7(2)14-11(16)8-4-5-9-10(6-8)13(18)15(3)12(9)17/h4-7H,1-3H3,(H,14,16). The van der Waals surface area contributed by atoms with Crippen LogP contribution in [-0.4, -0.2) is 35.7 Å². The lowest BCUT2D eigenvalue weighted by molar-refractivity contribution is 0.0693. The van der Waals surface area contributed by atoms with Crippen molar-refractivity contribution in [1.82, 2.24) is 10.2 Å². The normalized spacial score (nSPS) is 14.1. The van der Waals surface area contributed by atoms with Gasteiger partial charge in [0, 0.05) is 18.7 Å². The van der Waals surface area contributed by atoms with Gasteiger partial charge in [0.05, 0.1) is 11.1 Å². The van der Waals surface area contributed by atoms with Gasteiger partial charge >= 0.3 is 0 Å². The van der Waals surface area contributed by atoms with Gasteiger partial charge in [-0.2, -0.15) is 0 Å². The Morgan fingerprint density at radius 3 is 2.39 bits per heavy atom. The first-order chi connectivity index (χ1) is 8.41. The van der Waals surface area contributed by atoms with Crippen molar-refractivity contribution in [3.05, 3.63) is 34.9 Å². The molecule has 1 aromatic carbocycles. The summed E-state index contributed by atoms with van der Waals surface area (Å²) in [6, 6.07) is 4.57. The number of carbonyl (C=O) groups excluding carboxylic acids is 3. The number of hydrogen-bond donors (Lipinski definition) is 1. The van der Waals surface area contributed by atoms with E-state index in [0.29, 0.717) is 16.7 Å². The summed E-state index contributed by atoms with van der Waals surface area (Å²) >= 11 is 0. The Bertz CT molecular complexity index is 549. The Morgan fingerprint density at radius 1 is 1.17 bits per heavy atom. The van der Waals surface area contributed by atoms with E-state index < -0.39 is 0 Å². The van der Waals surface area contributed by atoms with Crippen molar-refractivity contribution in [1.29, 1.82) is 0 Å². The van der Waals surface area contributed by atoms with Crippen molar-refractivity contribution >= 4 is 17.7 Å². The predicted molar refractivity (Wildman–Crippen MR) is 65.5 cm³/mol. The quantitative estimate of drug-likeness (QED) is 0.793. The zero-order valence-corrected chi connectivity index (χ0v) is 10.5. The van der Waals surface area contributed by atoms with Gasteiger partial charge in [-0.15, -0.1) is 0 Å². The molecule has 1 aromatic rings. The number of nitrogens with zero attached hydrogens (tertiary/aromatic N) is 1. The Labute approximate surface area is 105 Å². The Balaban J connectivity index is 2.38. The first-order valence-electron chi connectivity index (χ1n) is 5.69. The molecular formula is C13H14N2O3. The summed E-state index contributed by atoms with van der Waals surface area (Å²) in [5, 5.41) is 2.74. The molecule has 1 heterocycles. The molecule has 0 bridgehead atoms. The van der Waals surface area contributed by atoms with E-state index in [0.717, 1.165) is 4.90 Å². The monoisotopic (exact) mass is 246 g/mol. The van der Waals surface area contributed by atoms with E-state index in [-0.39, 0.29) is 23.8 Å². The van der Waals surface area contributed by atoms with Gasteiger partial charge in [-0.1, -0.05) is 0 Å². The van der Waals surface area contributed by atoms with Crippen molar-refractivity contribution in [2.75, 3.05) is 7.05 Å². The Kier molecular flexibility index (Phi) is 2.90.